The van der Waals surface area contributed by atoms with E-state index in [2.05, 4.69) is 25.9 Å². The number of benzene rings is 2. The summed E-state index contributed by atoms with van der Waals surface area (Å²) in [6.45, 7) is 3.14. The fourth-order valence-corrected chi connectivity index (χ4v) is 2.67. The maximum atomic E-state index is 12.7. The summed E-state index contributed by atoms with van der Waals surface area (Å²) in [6.07, 6.45) is 0. The quantitative estimate of drug-likeness (QED) is 0.591. The Morgan fingerprint density at radius 1 is 0.897 bits per heavy atom. The van der Waals surface area contributed by atoms with Crippen molar-refractivity contribution in [2.24, 2.45) is 0 Å². The molecular weight excluding hydrogens is 370 g/mol. The maximum absolute atomic E-state index is 12.7. The van der Waals surface area contributed by atoms with Gasteiger partial charge in [0, 0.05) is 36.1 Å². The number of hydrogen-bond acceptors (Lipinski definition) is 6. The zero-order valence-electron chi connectivity index (χ0n) is 16.3. The fourth-order valence-electron chi connectivity index (χ4n) is 2.67. The predicted molar refractivity (Wildman–Crippen MR) is 112 cm³/mol. The molecule has 2 amide bonds. The molecule has 8 nitrogen and oxygen atoms in total. The minimum atomic E-state index is -0.385. The average Bonchev–Trinajstić information content (AvgIpc) is 2.67. The molecule has 0 radical (unpaired) electrons. The lowest BCUT2D eigenvalue weighted by Crippen LogP contribution is -2.15. The molecule has 0 spiro atoms. The SMILES string of the molecule is COc1cccc(Nc2cc(C(=O)Nc3cccc(NC(C)=O)c3)nc(C)n2)c1. The molecule has 148 valence electrons. The van der Waals surface area contributed by atoms with Crippen LogP contribution in [-0.4, -0.2) is 28.9 Å². The minimum absolute atomic E-state index is 0.187. The summed E-state index contributed by atoms with van der Waals surface area (Å²) in [5.41, 5.74) is 2.12. The summed E-state index contributed by atoms with van der Waals surface area (Å²) in [6, 6.07) is 15.8. The van der Waals surface area contributed by atoms with Crippen LogP contribution in [0.25, 0.3) is 0 Å². The third-order valence-corrected chi connectivity index (χ3v) is 3.85. The molecule has 1 aromatic heterocycles. The summed E-state index contributed by atoms with van der Waals surface area (Å²) in [5.74, 6) is 1.08. The molecule has 3 N–H and O–H groups in total. The van der Waals surface area contributed by atoms with Crippen LogP contribution in [0.1, 0.15) is 23.2 Å². The van der Waals surface area contributed by atoms with Crippen LogP contribution in [0.15, 0.2) is 54.6 Å². The van der Waals surface area contributed by atoms with Crippen molar-refractivity contribution in [1.82, 2.24) is 9.97 Å². The first kappa shape index (κ1) is 19.8. The first-order valence-corrected chi connectivity index (χ1v) is 8.89. The predicted octanol–water partition coefficient (Wildman–Crippen LogP) is 3.75. The highest BCUT2D eigenvalue weighted by molar-refractivity contribution is 6.03. The molecule has 0 fully saturated rings. The van der Waals surface area contributed by atoms with Crippen molar-refractivity contribution < 1.29 is 14.3 Å². The van der Waals surface area contributed by atoms with Crippen LogP contribution in [0.2, 0.25) is 0 Å². The van der Waals surface area contributed by atoms with E-state index in [0.29, 0.717) is 28.8 Å². The van der Waals surface area contributed by atoms with E-state index in [1.807, 2.05) is 24.3 Å². The highest BCUT2D eigenvalue weighted by Gasteiger charge is 2.12. The summed E-state index contributed by atoms with van der Waals surface area (Å²) in [5, 5.41) is 8.61. The molecular formula is C21H21N5O3. The number of nitrogens with zero attached hydrogens (tertiary/aromatic N) is 2. The topological polar surface area (TPSA) is 105 Å². The van der Waals surface area contributed by atoms with E-state index in [4.69, 9.17) is 4.74 Å². The Bertz CT molecular complexity index is 1050. The van der Waals surface area contributed by atoms with Crippen molar-refractivity contribution in [2.75, 3.05) is 23.1 Å². The first-order chi connectivity index (χ1) is 13.9. The standard InChI is InChI=1S/C21H21N5O3/c1-13-22-19(12-20(23-13)25-17-8-5-9-18(11-17)29-3)21(28)26-16-7-4-6-15(10-16)24-14(2)27/h4-12H,1-3H3,(H,24,27)(H,26,28)(H,22,23,25). The monoisotopic (exact) mass is 391 g/mol. The Hall–Kier alpha value is -3.94. The van der Waals surface area contributed by atoms with Crippen molar-refractivity contribution in [2.45, 2.75) is 13.8 Å². The number of nitrogens with one attached hydrogen (secondary N) is 3. The van der Waals surface area contributed by atoms with Crippen molar-refractivity contribution in [3.05, 3.63) is 66.1 Å². The zero-order chi connectivity index (χ0) is 20.8. The molecule has 0 aliphatic rings. The number of methoxy groups -OCH3 is 1. The number of amides is 2. The second kappa shape index (κ2) is 8.83. The van der Waals surface area contributed by atoms with Gasteiger partial charge < -0.3 is 20.7 Å². The van der Waals surface area contributed by atoms with Crippen LogP contribution in [0, 0.1) is 6.92 Å². The third kappa shape index (κ3) is 5.52. The lowest BCUT2D eigenvalue weighted by molar-refractivity contribution is -0.114. The number of aromatic nitrogens is 2. The second-order valence-corrected chi connectivity index (χ2v) is 6.26. The van der Waals surface area contributed by atoms with Gasteiger partial charge in [-0.25, -0.2) is 9.97 Å². The number of rotatable bonds is 6. The van der Waals surface area contributed by atoms with Gasteiger partial charge >= 0.3 is 0 Å². The number of anilines is 4. The smallest absolute Gasteiger partial charge is 0.274 e. The molecule has 0 unspecified atom stereocenters. The molecule has 0 saturated heterocycles. The van der Waals surface area contributed by atoms with E-state index in [9.17, 15) is 9.59 Å². The van der Waals surface area contributed by atoms with Crippen LogP contribution in [0.3, 0.4) is 0 Å². The van der Waals surface area contributed by atoms with Gasteiger partial charge in [0.15, 0.2) is 0 Å². The lowest BCUT2D eigenvalue weighted by atomic mass is 10.2. The average molecular weight is 391 g/mol. The first-order valence-electron chi connectivity index (χ1n) is 8.89. The third-order valence-electron chi connectivity index (χ3n) is 3.85. The highest BCUT2D eigenvalue weighted by Crippen LogP contribution is 2.21. The molecule has 29 heavy (non-hydrogen) atoms. The van der Waals surface area contributed by atoms with E-state index in [0.717, 1.165) is 5.69 Å². The van der Waals surface area contributed by atoms with Gasteiger partial charge in [-0.15, -0.1) is 0 Å². The molecule has 1 heterocycles. The van der Waals surface area contributed by atoms with Gasteiger partial charge in [-0.05, 0) is 37.3 Å². The largest absolute Gasteiger partial charge is 0.497 e. The zero-order valence-corrected chi connectivity index (χ0v) is 16.3. The Balaban J connectivity index is 1.78. The number of aryl methyl sites for hydroxylation is 1. The van der Waals surface area contributed by atoms with Crippen LogP contribution >= 0.6 is 0 Å². The van der Waals surface area contributed by atoms with Gasteiger partial charge in [0.1, 0.15) is 23.1 Å². The van der Waals surface area contributed by atoms with Gasteiger partial charge in [-0.3, -0.25) is 9.59 Å². The van der Waals surface area contributed by atoms with Crippen molar-refractivity contribution >= 4 is 34.7 Å². The second-order valence-electron chi connectivity index (χ2n) is 6.26. The van der Waals surface area contributed by atoms with E-state index in [-0.39, 0.29) is 17.5 Å². The van der Waals surface area contributed by atoms with Crippen LogP contribution in [0.4, 0.5) is 22.9 Å². The summed E-state index contributed by atoms with van der Waals surface area (Å²) in [7, 11) is 1.59. The fraction of sp³-hybridized carbons (Fsp3) is 0.143. The van der Waals surface area contributed by atoms with Crippen molar-refractivity contribution in [1.29, 1.82) is 0 Å². The van der Waals surface area contributed by atoms with Crippen LogP contribution in [0.5, 0.6) is 5.75 Å². The molecule has 3 aromatic rings. The lowest BCUT2D eigenvalue weighted by Gasteiger charge is -2.11. The van der Waals surface area contributed by atoms with Crippen LogP contribution < -0.4 is 20.7 Å². The number of carbonyl (C=O) groups excluding carboxylic acids is 2. The Morgan fingerprint density at radius 3 is 2.31 bits per heavy atom. The van der Waals surface area contributed by atoms with E-state index in [1.54, 1.807) is 44.4 Å². The summed E-state index contributed by atoms with van der Waals surface area (Å²) in [4.78, 5) is 32.4. The Kier molecular flexibility index (Phi) is 6.03. The molecule has 0 bridgehead atoms. The number of hydrogen-bond donors (Lipinski definition) is 3. The van der Waals surface area contributed by atoms with Crippen molar-refractivity contribution in [3.8, 4) is 5.75 Å². The molecule has 2 aromatic carbocycles. The molecule has 0 saturated carbocycles. The summed E-state index contributed by atoms with van der Waals surface area (Å²) >= 11 is 0. The summed E-state index contributed by atoms with van der Waals surface area (Å²) < 4.78 is 5.22. The normalized spacial score (nSPS) is 10.2. The van der Waals surface area contributed by atoms with Gasteiger partial charge in [0.25, 0.3) is 5.91 Å². The van der Waals surface area contributed by atoms with Crippen LogP contribution in [-0.2, 0) is 4.79 Å². The van der Waals surface area contributed by atoms with E-state index >= 15 is 0 Å². The number of carbonyl (C=O) groups is 2. The number of ether oxygens (including phenoxy) is 1. The molecule has 0 atom stereocenters. The van der Waals surface area contributed by atoms with E-state index < -0.39 is 0 Å². The van der Waals surface area contributed by atoms with Gasteiger partial charge in [0.2, 0.25) is 5.91 Å². The maximum Gasteiger partial charge on any atom is 0.274 e. The molecule has 8 heteroatoms. The van der Waals surface area contributed by atoms with Gasteiger partial charge in [-0.2, -0.15) is 0 Å². The molecule has 0 aliphatic heterocycles. The Morgan fingerprint density at radius 2 is 1.59 bits per heavy atom. The molecule has 3 rings (SSSR count). The Labute approximate surface area is 168 Å². The van der Waals surface area contributed by atoms with Gasteiger partial charge in [-0.1, -0.05) is 12.1 Å². The van der Waals surface area contributed by atoms with E-state index in [1.165, 1.54) is 6.92 Å². The van der Waals surface area contributed by atoms with Gasteiger partial charge in [0.05, 0.1) is 7.11 Å². The highest BCUT2D eigenvalue weighted by atomic mass is 16.5. The van der Waals surface area contributed by atoms with Crippen molar-refractivity contribution in [3.63, 3.8) is 0 Å². The minimum Gasteiger partial charge on any atom is -0.497 e. The molecule has 0 aliphatic carbocycles.